The SMILES string of the molecule is CC(C)(C)Cc1cc(-c2[c-]cccc2)ncc1[Si](C)(C)C.CC(C)c1cc(-c2ccccc2)cc(C(C)C)c1-n1c(-c2[c-]cc3c(c2)c2ccccc2n3-c2ccccc2)nc2ccccc21.[Ir]. The third kappa shape index (κ3) is 9.87. The van der Waals surface area contributed by atoms with Crippen molar-refractivity contribution in [3.8, 4) is 45.1 Å². The van der Waals surface area contributed by atoms with E-state index in [-0.39, 0.29) is 25.5 Å². The van der Waals surface area contributed by atoms with Crippen LogP contribution in [0.4, 0.5) is 0 Å². The molecule has 3 aromatic heterocycles. The van der Waals surface area contributed by atoms with Crippen molar-refractivity contribution in [2.24, 2.45) is 5.41 Å². The molecule has 4 nitrogen and oxygen atoms in total. The van der Waals surface area contributed by atoms with Crippen molar-refractivity contribution in [2.45, 2.75) is 86.4 Å². The summed E-state index contributed by atoms with van der Waals surface area (Å²) in [6, 6.07) is 65.1. The molecule has 7 aromatic carbocycles. The van der Waals surface area contributed by atoms with Crippen LogP contribution in [0.25, 0.3) is 78.0 Å². The van der Waals surface area contributed by atoms with E-state index < -0.39 is 8.07 Å². The van der Waals surface area contributed by atoms with E-state index in [1.165, 1.54) is 55.0 Å². The molecule has 0 unspecified atom stereocenters. The summed E-state index contributed by atoms with van der Waals surface area (Å²) in [6.45, 7) is 23.3. The zero-order valence-electron chi connectivity index (χ0n) is 41.1. The first-order chi connectivity index (χ1) is 32.2. The molecule has 0 N–H and O–H groups in total. The van der Waals surface area contributed by atoms with Crippen LogP contribution in [-0.4, -0.2) is 27.2 Å². The van der Waals surface area contributed by atoms with Crippen molar-refractivity contribution in [1.29, 1.82) is 0 Å². The van der Waals surface area contributed by atoms with Crippen LogP contribution in [0, 0.1) is 17.5 Å². The average molecular weight is 1080 g/mol. The third-order valence-corrected chi connectivity index (χ3v) is 14.7. The quantitative estimate of drug-likeness (QED) is 0.107. The van der Waals surface area contributed by atoms with E-state index in [2.05, 4.69) is 241 Å². The van der Waals surface area contributed by atoms with Gasteiger partial charge in [-0.05, 0) is 110 Å². The van der Waals surface area contributed by atoms with Gasteiger partial charge in [0.15, 0.2) is 0 Å². The number of fused-ring (bicyclic) bond motifs is 4. The van der Waals surface area contributed by atoms with Crippen LogP contribution in [0.5, 0.6) is 0 Å². The summed E-state index contributed by atoms with van der Waals surface area (Å²) in [5.41, 5.74) is 16.7. The smallest absolute Gasteiger partial charge is 0.0798 e. The Kier molecular flexibility index (Phi) is 14.1. The molecule has 6 heteroatoms. The summed E-state index contributed by atoms with van der Waals surface area (Å²) >= 11 is 0. The summed E-state index contributed by atoms with van der Waals surface area (Å²) in [4.78, 5) is 10.0. The first kappa shape index (κ1) is 48.3. The minimum atomic E-state index is -1.37. The summed E-state index contributed by atoms with van der Waals surface area (Å²) < 4.78 is 4.74. The zero-order chi connectivity index (χ0) is 47.0. The Labute approximate surface area is 418 Å². The molecule has 3 heterocycles. The van der Waals surface area contributed by atoms with Crippen molar-refractivity contribution in [1.82, 2.24) is 19.1 Å². The number of pyridine rings is 1. The Morgan fingerprint density at radius 2 is 1.21 bits per heavy atom. The second kappa shape index (κ2) is 19.8. The molecule has 0 aliphatic carbocycles. The molecule has 10 rings (SSSR count). The number of aromatic nitrogens is 4. The van der Waals surface area contributed by atoms with Crippen LogP contribution < -0.4 is 5.19 Å². The number of nitrogens with zero attached hydrogens (tertiary/aromatic N) is 4. The number of imidazole rings is 1. The first-order valence-electron chi connectivity index (χ1n) is 23.8. The van der Waals surface area contributed by atoms with Gasteiger partial charge in [0, 0.05) is 43.2 Å². The van der Waals surface area contributed by atoms with Gasteiger partial charge in [-0.3, -0.25) is 4.98 Å². The predicted molar refractivity (Wildman–Crippen MR) is 288 cm³/mol. The Hall–Kier alpha value is -6.17. The van der Waals surface area contributed by atoms with Gasteiger partial charge in [-0.25, -0.2) is 0 Å². The van der Waals surface area contributed by atoms with Crippen molar-refractivity contribution >= 4 is 46.1 Å². The molecular weight excluding hydrogens is 1020 g/mol. The Morgan fingerprint density at radius 1 is 0.588 bits per heavy atom. The van der Waals surface area contributed by atoms with Crippen molar-refractivity contribution < 1.29 is 20.1 Å². The van der Waals surface area contributed by atoms with Gasteiger partial charge in [0.25, 0.3) is 0 Å². The van der Waals surface area contributed by atoms with Gasteiger partial charge in [-0.15, -0.1) is 59.7 Å². The average Bonchev–Trinajstić information content (AvgIpc) is 3.87. The number of rotatable bonds is 9. The van der Waals surface area contributed by atoms with Crippen LogP contribution in [0.2, 0.25) is 19.6 Å². The summed E-state index contributed by atoms with van der Waals surface area (Å²) in [7, 11) is -1.37. The van der Waals surface area contributed by atoms with Crippen LogP contribution in [-0.2, 0) is 26.5 Å². The molecule has 0 saturated heterocycles. The molecule has 0 aliphatic rings. The van der Waals surface area contributed by atoms with E-state index in [1.807, 2.05) is 18.2 Å². The number of para-hydroxylation sites is 4. The minimum absolute atomic E-state index is 0. The van der Waals surface area contributed by atoms with E-state index in [4.69, 9.17) is 9.97 Å². The van der Waals surface area contributed by atoms with Crippen molar-refractivity contribution in [2.75, 3.05) is 0 Å². The maximum atomic E-state index is 5.32. The van der Waals surface area contributed by atoms with E-state index >= 15 is 0 Å². The molecular formula is C62H62IrN4Si-2. The van der Waals surface area contributed by atoms with Crippen LogP contribution in [0.3, 0.4) is 0 Å². The first-order valence-corrected chi connectivity index (χ1v) is 27.3. The fraction of sp³-hybridized carbons (Fsp3) is 0.226. The second-order valence-electron chi connectivity index (χ2n) is 20.8. The van der Waals surface area contributed by atoms with Crippen LogP contribution >= 0.6 is 0 Å². The van der Waals surface area contributed by atoms with Gasteiger partial charge in [-0.1, -0.05) is 164 Å². The summed E-state index contributed by atoms with van der Waals surface area (Å²) in [6.07, 6.45) is 3.21. The molecule has 0 aliphatic heterocycles. The van der Waals surface area contributed by atoms with Crippen molar-refractivity contribution in [3.63, 3.8) is 0 Å². The van der Waals surface area contributed by atoms with Gasteiger partial charge in [0.05, 0.1) is 24.9 Å². The topological polar surface area (TPSA) is 35.6 Å². The molecule has 10 aromatic rings. The summed E-state index contributed by atoms with van der Waals surface area (Å²) in [5.74, 6) is 1.52. The molecule has 68 heavy (non-hydrogen) atoms. The molecule has 0 spiro atoms. The fourth-order valence-corrected chi connectivity index (χ4v) is 11.1. The van der Waals surface area contributed by atoms with Gasteiger partial charge in [-0.2, -0.15) is 0 Å². The molecule has 0 fully saturated rings. The van der Waals surface area contributed by atoms with E-state index in [1.54, 1.807) is 0 Å². The fourth-order valence-electron chi connectivity index (χ4n) is 9.53. The minimum Gasteiger partial charge on any atom is -0.351 e. The molecule has 0 bridgehead atoms. The number of benzene rings is 7. The second-order valence-corrected chi connectivity index (χ2v) is 25.8. The van der Waals surface area contributed by atoms with Crippen molar-refractivity contribution in [3.05, 3.63) is 199 Å². The molecule has 1 radical (unpaired) electrons. The van der Waals surface area contributed by atoms with E-state index in [9.17, 15) is 0 Å². The van der Waals surface area contributed by atoms with E-state index in [0.29, 0.717) is 11.8 Å². The third-order valence-electron chi connectivity index (χ3n) is 12.7. The number of hydrogen-bond donors (Lipinski definition) is 0. The van der Waals surface area contributed by atoms with Gasteiger partial charge in [0.1, 0.15) is 0 Å². The maximum absolute atomic E-state index is 5.32. The standard InChI is InChI=1S/C43H36N3.C19H26NSi.Ir/c1-28(2)35-26-32(30-15-7-5-8-16-30)27-36(29(3)4)42(35)46-41-22-14-12-20-38(41)44-43(46)31-23-24-40-37(25-31)34-19-11-13-21-39(34)45(40)33-17-9-6-10-18-33;1-19(2,3)13-16-12-17(15-10-8-7-9-11-15)20-14-18(16)21(4,5)6;/h5-22,24-29H,1-4H3;7-10,12,14H,13H2,1-6H3;/q2*-1;. The van der Waals surface area contributed by atoms with Gasteiger partial charge >= 0.3 is 0 Å². The Balaban J connectivity index is 0.000000240. The monoisotopic (exact) mass is 1080 g/mol. The molecule has 0 atom stereocenters. The van der Waals surface area contributed by atoms with Gasteiger partial charge < -0.3 is 14.1 Å². The molecule has 0 saturated carbocycles. The van der Waals surface area contributed by atoms with Crippen LogP contribution in [0.15, 0.2) is 170 Å². The van der Waals surface area contributed by atoms with Crippen LogP contribution in [0.1, 0.15) is 77.0 Å². The maximum Gasteiger partial charge on any atom is 0.0798 e. The zero-order valence-corrected chi connectivity index (χ0v) is 44.5. The Bertz CT molecular complexity index is 3310. The van der Waals surface area contributed by atoms with Gasteiger partial charge in [0.2, 0.25) is 0 Å². The summed E-state index contributed by atoms with van der Waals surface area (Å²) in [5, 5.41) is 3.90. The normalized spacial score (nSPS) is 11.9. The van der Waals surface area contributed by atoms with E-state index in [0.717, 1.165) is 51.3 Å². The molecule has 0 amide bonds. The molecule has 345 valence electrons. The number of hydrogen-bond acceptors (Lipinski definition) is 2. The largest absolute Gasteiger partial charge is 0.351 e. The predicted octanol–water partition coefficient (Wildman–Crippen LogP) is 16.2. The Morgan fingerprint density at radius 3 is 1.84 bits per heavy atom.